The molecule has 2 aromatic carbocycles. The van der Waals surface area contributed by atoms with Gasteiger partial charge in [-0.1, -0.05) is 30.7 Å². The lowest BCUT2D eigenvalue weighted by atomic mass is 9.83. The largest absolute Gasteiger partial charge is 0.390 e. The van der Waals surface area contributed by atoms with Crippen molar-refractivity contribution in [3.8, 4) is 0 Å². The molecule has 0 saturated carbocycles. The molecule has 2 aromatic rings. The number of carbonyl (C=O) groups is 2. The number of piperidine rings is 1. The van der Waals surface area contributed by atoms with Gasteiger partial charge in [0.2, 0.25) is 0 Å². The Labute approximate surface area is 163 Å². The number of fused-ring (bicyclic) bond motifs is 2. The number of aliphatic hydroxyl groups excluding tert-OH is 1. The smallest absolute Gasteiger partial charge is 0.199 e. The van der Waals surface area contributed by atoms with Gasteiger partial charge in [0.15, 0.2) is 11.6 Å². The molecule has 4 rings (SSSR count). The molecule has 2 aliphatic rings. The second kappa shape index (κ2) is 7.81. The summed E-state index contributed by atoms with van der Waals surface area (Å²) < 4.78 is 14.3. The lowest BCUT2D eigenvalue weighted by Gasteiger charge is -2.29. The molecule has 6 heteroatoms. The maximum atomic E-state index is 14.3. The first-order valence-electron chi connectivity index (χ1n) is 9.71. The molecule has 0 amide bonds. The maximum Gasteiger partial charge on any atom is 0.199 e. The van der Waals surface area contributed by atoms with E-state index in [1.807, 2.05) is 0 Å². The van der Waals surface area contributed by atoms with E-state index in [-0.39, 0.29) is 34.6 Å². The van der Waals surface area contributed by atoms with Crippen molar-refractivity contribution in [2.24, 2.45) is 0 Å². The number of carbonyl (C=O) groups excluding carboxylic acids is 2. The highest BCUT2D eigenvalue weighted by Gasteiger charge is 2.33. The molecule has 1 atom stereocenters. The first-order valence-corrected chi connectivity index (χ1v) is 9.71. The molecule has 2 N–H and O–H groups in total. The van der Waals surface area contributed by atoms with Gasteiger partial charge in [-0.15, -0.1) is 0 Å². The molecule has 28 heavy (non-hydrogen) atoms. The van der Waals surface area contributed by atoms with Gasteiger partial charge in [-0.05, 0) is 38.1 Å². The molecule has 0 spiro atoms. The number of rotatable bonds is 5. The number of halogens is 1. The lowest BCUT2D eigenvalue weighted by Crippen LogP contribution is -2.39. The summed E-state index contributed by atoms with van der Waals surface area (Å²) in [5.41, 5.74) is 0.805. The number of anilines is 1. The number of ketones is 2. The number of nitrogens with zero attached hydrogens (tertiary/aromatic N) is 1. The summed E-state index contributed by atoms with van der Waals surface area (Å²) in [6, 6.07) is 9.05. The van der Waals surface area contributed by atoms with Crippen molar-refractivity contribution in [2.75, 3.05) is 31.5 Å². The third kappa shape index (κ3) is 3.45. The zero-order valence-corrected chi connectivity index (χ0v) is 15.6. The fourth-order valence-electron chi connectivity index (χ4n) is 4.08. The predicted molar refractivity (Wildman–Crippen MR) is 104 cm³/mol. The molecule has 0 aromatic heterocycles. The van der Waals surface area contributed by atoms with E-state index in [2.05, 4.69) is 10.2 Å². The fraction of sp³-hybridized carbons (Fsp3) is 0.364. The van der Waals surface area contributed by atoms with E-state index >= 15 is 0 Å². The summed E-state index contributed by atoms with van der Waals surface area (Å²) in [5, 5.41) is 13.5. The van der Waals surface area contributed by atoms with Crippen molar-refractivity contribution in [1.82, 2.24) is 4.90 Å². The van der Waals surface area contributed by atoms with E-state index in [1.54, 1.807) is 18.2 Å². The summed E-state index contributed by atoms with van der Waals surface area (Å²) in [5.74, 6) is -1.56. The summed E-state index contributed by atoms with van der Waals surface area (Å²) in [6.07, 6.45) is 2.92. The van der Waals surface area contributed by atoms with E-state index in [0.29, 0.717) is 12.2 Å². The third-order valence-electron chi connectivity index (χ3n) is 5.47. The molecule has 1 aliphatic carbocycles. The van der Waals surface area contributed by atoms with E-state index in [1.165, 1.54) is 24.6 Å². The van der Waals surface area contributed by atoms with Crippen molar-refractivity contribution in [1.29, 1.82) is 0 Å². The molecule has 1 unspecified atom stereocenters. The van der Waals surface area contributed by atoms with Gasteiger partial charge in [-0.25, -0.2) is 4.39 Å². The first kappa shape index (κ1) is 18.8. The minimum absolute atomic E-state index is 0.0970. The van der Waals surface area contributed by atoms with Crippen LogP contribution in [0.3, 0.4) is 0 Å². The van der Waals surface area contributed by atoms with Crippen LogP contribution >= 0.6 is 0 Å². The zero-order valence-electron chi connectivity index (χ0n) is 15.6. The van der Waals surface area contributed by atoms with Crippen LogP contribution in [0.5, 0.6) is 0 Å². The molecular weight excluding hydrogens is 359 g/mol. The van der Waals surface area contributed by atoms with Crippen LogP contribution in [0, 0.1) is 5.82 Å². The molecule has 0 radical (unpaired) electrons. The average molecular weight is 382 g/mol. The molecule has 0 bridgehead atoms. The van der Waals surface area contributed by atoms with Crippen LogP contribution in [-0.4, -0.2) is 53.9 Å². The summed E-state index contributed by atoms with van der Waals surface area (Å²) in [6.45, 7) is 2.78. The highest BCUT2D eigenvalue weighted by Crippen LogP contribution is 2.33. The minimum Gasteiger partial charge on any atom is -0.390 e. The standard InChI is InChI=1S/C22H23FN2O3/c23-17-8-4-6-15-19(17)22(28)20-16(21(15)27)7-5-9-18(20)24-12-14(26)13-25-10-2-1-3-11-25/h4-9,14,24,26H,1-3,10-13H2. The number of nitrogens with one attached hydrogen (secondary N) is 1. The van der Waals surface area contributed by atoms with Crippen LogP contribution in [-0.2, 0) is 0 Å². The van der Waals surface area contributed by atoms with Crippen molar-refractivity contribution in [3.05, 3.63) is 64.5 Å². The first-order chi connectivity index (χ1) is 13.6. The van der Waals surface area contributed by atoms with Crippen LogP contribution in [0.1, 0.15) is 51.1 Å². The number of hydrogen-bond acceptors (Lipinski definition) is 5. The topological polar surface area (TPSA) is 69.6 Å². The monoisotopic (exact) mass is 382 g/mol. The molecule has 146 valence electrons. The summed E-state index contributed by atoms with van der Waals surface area (Å²) in [7, 11) is 0. The SMILES string of the molecule is O=C1c2cccc(F)c2C(=O)c2c(NCC(O)CN3CCCCC3)cccc21. The zero-order chi connectivity index (χ0) is 19.7. The van der Waals surface area contributed by atoms with E-state index in [4.69, 9.17) is 0 Å². The van der Waals surface area contributed by atoms with Gasteiger partial charge in [0.25, 0.3) is 0 Å². The highest BCUT2D eigenvalue weighted by molar-refractivity contribution is 6.30. The van der Waals surface area contributed by atoms with Gasteiger partial charge >= 0.3 is 0 Å². The number of benzene rings is 2. The van der Waals surface area contributed by atoms with E-state index in [9.17, 15) is 19.1 Å². The molecule has 1 aliphatic heterocycles. The second-order valence-electron chi connectivity index (χ2n) is 7.44. The number of hydrogen-bond donors (Lipinski definition) is 2. The highest BCUT2D eigenvalue weighted by atomic mass is 19.1. The average Bonchev–Trinajstić information content (AvgIpc) is 2.71. The van der Waals surface area contributed by atoms with Gasteiger partial charge in [-0.2, -0.15) is 0 Å². The van der Waals surface area contributed by atoms with E-state index in [0.717, 1.165) is 25.9 Å². The Morgan fingerprint density at radius 3 is 2.39 bits per heavy atom. The Hall–Kier alpha value is -2.57. The Balaban J connectivity index is 1.55. The van der Waals surface area contributed by atoms with Crippen LogP contribution < -0.4 is 5.32 Å². The summed E-state index contributed by atoms with van der Waals surface area (Å²) in [4.78, 5) is 27.9. The maximum absolute atomic E-state index is 14.3. The van der Waals surface area contributed by atoms with Crippen LogP contribution in [0.25, 0.3) is 0 Å². The Kier molecular flexibility index (Phi) is 5.24. The minimum atomic E-state index is -0.693. The normalized spacial score (nSPS) is 17.8. The second-order valence-corrected chi connectivity index (χ2v) is 7.44. The van der Waals surface area contributed by atoms with Crippen LogP contribution in [0.2, 0.25) is 0 Å². The third-order valence-corrected chi connectivity index (χ3v) is 5.47. The molecule has 1 heterocycles. The van der Waals surface area contributed by atoms with Crippen molar-refractivity contribution in [2.45, 2.75) is 25.4 Å². The Bertz CT molecular complexity index is 922. The molecular formula is C22H23FN2O3. The molecule has 1 fully saturated rings. The van der Waals surface area contributed by atoms with Gasteiger partial charge in [0.1, 0.15) is 5.82 Å². The quantitative estimate of drug-likeness (QED) is 0.710. The van der Waals surface area contributed by atoms with E-state index < -0.39 is 17.7 Å². The predicted octanol–water partition coefficient (Wildman–Crippen LogP) is 2.86. The van der Waals surface area contributed by atoms with Gasteiger partial charge < -0.3 is 15.3 Å². The Morgan fingerprint density at radius 2 is 1.64 bits per heavy atom. The lowest BCUT2D eigenvalue weighted by molar-refractivity contribution is 0.0975. The van der Waals surface area contributed by atoms with Crippen LogP contribution in [0.4, 0.5) is 10.1 Å². The fourth-order valence-corrected chi connectivity index (χ4v) is 4.08. The van der Waals surface area contributed by atoms with Gasteiger partial charge in [0, 0.05) is 29.9 Å². The molecule has 1 saturated heterocycles. The molecule has 5 nitrogen and oxygen atoms in total. The number of β-amino-alcohol motifs (C(OH)–C–C–N with tert-alkyl or cyclic N) is 1. The van der Waals surface area contributed by atoms with Crippen molar-refractivity contribution in [3.63, 3.8) is 0 Å². The number of aliphatic hydroxyl groups is 1. The van der Waals surface area contributed by atoms with Crippen molar-refractivity contribution >= 4 is 17.3 Å². The van der Waals surface area contributed by atoms with Gasteiger partial charge in [-0.3, -0.25) is 9.59 Å². The van der Waals surface area contributed by atoms with Crippen LogP contribution in [0.15, 0.2) is 36.4 Å². The van der Waals surface area contributed by atoms with Gasteiger partial charge in [0.05, 0.1) is 17.2 Å². The Morgan fingerprint density at radius 1 is 0.964 bits per heavy atom. The number of likely N-dealkylation sites (tertiary alicyclic amines) is 1. The summed E-state index contributed by atoms with van der Waals surface area (Å²) >= 11 is 0. The van der Waals surface area contributed by atoms with Crippen molar-refractivity contribution < 1.29 is 19.1 Å².